The van der Waals surface area contributed by atoms with E-state index in [-0.39, 0.29) is 23.5 Å². The molecule has 0 saturated carbocycles. The molecule has 10 heteroatoms. The van der Waals surface area contributed by atoms with Gasteiger partial charge in [-0.1, -0.05) is 6.07 Å². The molecule has 0 aliphatic heterocycles. The van der Waals surface area contributed by atoms with Crippen molar-refractivity contribution in [3.63, 3.8) is 0 Å². The molecule has 186 valence electrons. The number of aliphatic hydroxyl groups excluding tert-OH is 1. The quantitative estimate of drug-likeness (QED) is 0.369. The van der Waals surface area contributed by atoms with Gasteiger partial charge in [0.1, 0.15) is 16.2 Å². The largest absolute Gasteiger partial charge is 0.392 e. The van der Waals surface area contributed by atoms with Crippen molar-refractivity contribution in [1.82, 2.24) is 24.3 Å². The highest BCUT2D eigenvalue weighted by molar-refractivity contribution is 7.19. The zero-order valence-electron chi connectivity index (χ0n) is 20.1. The molecule has 5 aromatic rings. The average molecular weight is 513 g/mol. The molecular weight excluding hydrogens is 488 g/mol. The van der Waals surface area contributed by atoms with E-state index in [2.05, 4.69) is 20.4 Å². The fourth-order valence-corrected chi connectivity index (χ4v) is 6.20. The molecule has 0 saturated heterocycles. The van der Waals surface area contributed by atoms with E-state index in [9.17, 15) is 14.7 Å². The topological polar surface area (TPSA) is 115 Å². The van der Waals surface area contributed by atoms with Crippen LogP contribution in [0, 0.1) is 0 Å². The van der Waals surface area contributed by atoms with E-state index < -0.39 is 0 Å². The molecule has 1 aliphatic rings. The predicted molar refractivity (Wildman–Crippen MR) is 144 cm³/mol. The second-order valence-electron chi connectivity index (χ2n) is 9.03. The summed E-state index contributed by atoms with van der Waals surface area (Å²) in [6, 6.07) is 8.86. The Morgan fingerprint density at radius 3 is 2.76 bits per heavy atom. The first-order valence-electron chi connectivity index (χ1n) is 12.1. The van der Waals surface area contributed by atoms with E-state index in [0.29, 0.717) is 32.9 Å². The molecule has 37 heavy (non-hydrogen) atoms. The number of pyridine rings is 3. The van der Waals surface area contributed by atoms with Gasteiger partial charge in [-0.2, -0.15) is 9.78 Å². The van der Waals surface area contributed by atoms with Crippen molar-refractivity contribution < 1.29 is 5.11 Å². The normalized spacial score (nSPS) is 13.0. The van der Waals surface area contributed by atoms with Gasteiger partial charge in [0.25, 0.3) is 11.1 Å². The molecule has 0 radical (unpaired) electrons. The van der Waals surface area contributed by atoms with Crippen molar-refractivity contribution in [1.29, 1.82) is 0 Å². The first kappa shape index (κ1) is 23.3. The number of nitrogens with one attached hydrogen (secondary N) is 1. The molecule has 0 unspecified atom stereocenters. The Hall–Kier alpha value is -4.15. The lowest BCUT2D eigenvalue weighted by Crippen LogP contribution is -2.23. The van der Waals surface area contributed by atoms with Gasteiger partial charge < -0.3 is 15.0 Å². The fourth-order valence-electron chi connectivity index (χ4n) is 4.91. The van der Waals surface area contributed by atoms with Crippen molar-refractivity contribution >= 4 is 32.9 Å². The molecule has 2 N–H and O–H groups in total. The number of hydrogen-bond donors (Lipinski definition) is 2. The first-order valence-corrected chi connectivity index (χ1v) is 12.9. The third-order valence-corrected chi connectivity index (χ3v) is 8.01. The molecular formula is C27H24N6O3S. The van der Waals surface area contributed by atoms with Crippen LogP contribution in [0.15, 0.2) is 64.7 Å². The number of fused-ring (bicyclic) bond motifs is 3. The standard InChI is InChI=1S/C27H24N6O3S/c1-32-14-16(12-21(26(32)35)31-23-8-4-5-10-28-23)17-9-11-29-25(20(17)15-34)33-27(36)24-19(13-30-33)18-6-2-3-7-22(18)37-24/h4-5,8-14,34H,2-3,6-7,15H2,1H3,(H,28,31). The van der Waals surface area contributed by atoms with Crippen LogP contribution < -0.4 is 16.4 Å². The minimum atomic E-state index is -0.364. The highest BCUT2D eigenvalue weighted by Gasteiger charge is 2.22. The number of aromatic nitrogens is 5. The van der Waals surface area contributed by atoms with Gasteiger partial charge in [-0.25, -0.2) is 9.97 Å². The van der Waals surface area contributed by atoms with Crippen molar-refractivity contribution in [3.05, 3.63) is 91.8 Å². The summed E-state index contributed by atoms with van der Waals surface area (Å²) in [6.45, 7) is -0.364. The van der Waals surface area contributed by atoms with Crippen molar-refractivity contribution in [3.8, 4) is 16.9 Å². The number of thiophene rings is 1. The maximum Gasteiger partial charge on any atom is 0.290 e. The summed E-state index contributed by atoms with van der Waals surface area (Å²) in [6.07, 6.45) is 10.9. The summed E-state index contributed by atoms with van der Waals surface area (Å²) in [5.41, 5.74) is 2.88. The second-order valence-corrected chi connectivity index (χ2v) is 10.1. The Kier molecular flexibility index (Phi) is 5.90. The van der Waals surface area contributed by atoms with Crippen LogP contribution >= 0.6 is 11.3 Å². The van der Waals surface area contributed by atoms with Crippen molar-refractivity contribution in [2.75, 3.05) is 5.32 Å². The SMILES string of the molecule is Cn1cc(-c2ccnc(-n3ncc4c5c(sc4c3=O)CCCC5)c2CO)cc(Nc2ccccn2)c1=O. The number of hydrogen-bond acceptors (Lipinski definition) is 8. The summed E-state index contributed by atoms with van der Waals surface area (Å²) < 4.78 is 3.41. The zero-order valence-corrected chi connectivity index (χ0v) is 21.0. The van der Waals surface area contributed by atoms with Gasteiger partial charge in [0.05, 0.1) is 12.8 Å². The first-order chi connectivity index (χ1) is 18.0. The summed E-state index contributed by atoms with van der Waals surface area (Å²) in [5.74, 6) is 0.809. The summed E-state index contributed by atoms with van der Waals surface area (Å²) in [7, 11) is 1.66. The van der Waals surface area contributed by atoms with Crippen molar-refractivity contribution in [2.45, 2.75) is 32.3 Å². The van der Waals surface area contributed by atoms with Gasteiger partial charge >= 0.3 is 0 Å². The maximum atomic E-state index is 13.5. The van der Waals surface area contributed by atoms with Crippen LogP contribution in [0.2, 0.25) is 0 Å². The summed E-state index contributed by atoms with van der Waals surface area (Å²) in [5, 5.41) is 18.9. The van der Waals surface area contributed by atoms with Crippen LogP contribution in [0.5, 0.6) is 0 Å². The number of anilines is 2. The van der Waals surface area contributed by atoms with E-state index in [1.807, 2.05) is 6.07 Å². The molecule has 0 fully saturated rings. The lowest BCUT2D eigenvalue weighted by Gasteiger charge is -2.15. The van der Waals surface area contributed by atoms with E-state index >= 15 is 0 Å². The van der Waals surface area contributed by atoms with Crippen LogP contribution in [0.1, 0.15) is 28.8 Å². The highest BCUT2D eigenvalue weighted by Crippen LogP contribution is 2.35. The van der Waals surface area contributed by atoms with Crippen LogP contribution in [0.25, 0.3) is 27.0 Å². The molecule has 0 spiro atoms. The molecule has 5 aromatic heterocycles. The molecule has 0 bridgehead atoms. The highest BCUT2D eigenvalue weighted by atomic mass is 32.1. The summed E-state index contributed by atoms with van der Waals surface area (Å²) in [4.78, 5) is 36.3. The zero-order chi connectivity index (χ0) is 25.5. The predicted octanol–water partition coefficient (Wildman–Crippen LogP) is 3.72. The van der Waals surface area contributed by atoms with Gasteiger partial charge in [-0.05, 0) is 61.1 Å². The molecule has 1 aliphatic carbocycles. The minimum Gasteiger partial charge on any atom is -0.392 e. The van der Waals surface area contributed by atoms with Gasteiger partial charge in [0.15, 0.2) is 5.82 Å². The van der Waals surface area contributed by atoms with Crippen LogP contribution in [0.3, 0.4) is 0 Å². The second kappa shape index (κ2) is 9.38. The van der Waals surface area contributed by atoms with E-state index in [1.54, 1.807) is 56.1 Å². The Labute approximate surface area is 215 Å². The van der Waals surface area contributed by atoms with Gasteiger partial charge in [-0.3, -0.25) is 9.59 Å². The average Bonchev–Trinajstić information content (AvgIpc) is 3.31. The number of nitrogens with zero attached hydrogens (tertiary/aromatic N) is 5. The molecule has 0 atom stereocenters. The van der Waals surface area contributed by atoms with Crippen LogP contribution in [-0.4, -0.2) is 29.4 Å². The van der Waals surface area contributed by atoms with Crippen LogP contribution in [0.4, 0.5) is 11.5 Å². The molecule has 6 rings (SSSR count). The van der Waals surface area contributed by atoms with E-state index in [1.165, 1.54) is 31.0 Å². The Morgan fingerprint density at radius 1 is 1.08 bits per heavy atom. The Balaban J connectivity index is 1.49. The Bertz CT molecular complexity index is 1760. The minimum absolute atomic E-state index is 0.223. The maximum absolute atomic E-state index is 13.5. The lowest BCUT2D eigenvalue weighted by molar-refractivity contribution is 0.281. The van der Waals surface area contributed by atoms with Crippen LogP contribution in [-0.2, 0) is 26.5 Å². The summed E-state index contributed by atoms with van der Waals surface area (Å²) >= 11 is 1.54. The molecule has 0 aromatic carbocycles. The molecule has 5 heterocycles. The number of aryl methyl sites for hydroxylation is 3. The monoisotopic (exact) mass is 512 g/mol. The van der Waals surface area contributed by atoms with Gasteiger partial charge in [0, 0.05) is 47.0 Å². The van der Waals surface area contributed by atoms with Gasteiger partial charge in [-0.15, -0.1) is 11.3 Å². The lowest BCUT2D eigenvalue weighted by atomic mass is 9.97. The third-order valence-electron chi connectivity index (χ3n) is 6.71. The van der Waals surface area contributed by atoms with E-state index in [0.717, 1.165) is 31.1 Å². The molecule has 0 amide bonds. The fraction of sp³-hybridized carbons (Fsp3) is 0.222. The third kappa shape index (κ3) is 4.04. The Morgan fingerprint density at radius 2 is 1.95 bits per heavy atom. The van der Waals surface area contributed by atoms with Crippen molar-refractivity contribution in [2.24, 2.45) is 7.05 Å². The number of aliphatic hydroxyl groups is 1. The van der Waals surface area contributed by atoms with Gasteiger partial charge in [0.2, 0.25) is 0 Å². The molecule has 9 nitrogen and oxygen atoms in total. The smallest absolute Gasteiger partial charge is 0.290 e. The van der Waals surface area contributed by atoms with E-state index in [4.69, 9.17) is 0 Å². The number of rotatable bonds is 5.